The maximum absolute atomic E-state index is 12.9. The van der Waals surface area contributed by atoms with E-state index in [9.17, 15) is 14.4 Å². The second kappa shape index (κ2) is 66.8. The lowest BCUT2D eigenvalue weighted by molar-refractivity contribution is -0.166. The van der Waals surface area contributed by atoms with Gasteiger partial charge in [-0.05, 0) is 148 Å². The van der Waals surface area contributed by atoms with E-state index < -0.39 is 6.10 Å². The molecule has 6 nitrogen and oxygen atoms in total. The van der Waals surface area contributed by atoms with Crippen molar-refractivity contribution >= 4 is 17.9 Å². The molecule has 0 aliphatic heterocycles. The smallest absolute Gasteiger partial charge is 0.306 e. The maximum atomic E-state index is 12.9. The summed E-state index contributed by atoms with van der Waals surface area (Å²) in [6.45, 7) is 6.18. The van der Waals surface area contributed by atoms with Crippen LogP contribution in [-0.2, 0) is 28.6 Å². The van der Waals surface area contributed by atoms with Gasteiger partial charge in [0.25, 0.3) is 0 Å². The molecule has 0 aromatic heterocycles. The minimum Gasteiger partial charge on any atom is -0.462 e. The zero-order valence-corrected chi connectivity index (χ0v) is 51.5. The molecular formula is C75H114O6. The third-order valence-electron chi connectivity index (χ3n) is 12.6. The fourth-order valence-corrected chi connectivity index (χ4v) is 7.93. The lowest BCUT2D eigenvalue weighted by atomic mass is 10.1. The van der Waals surface area contributed by atoms with Crippen molar-refractivity contribution in [2.24, 2.45) is 0 Å². The van der Waals surface area contributed by atoms with Crippen LogP contribution in [0.4, 0.5) is 0 Å². The number of allylic oxidation sites excluding steroid dienone is 32. The molecule has 0 amide bonds. The van der Waals surface area contributed by atoms with Gasteiger partial charge in [0.05, 0.1) is 0 Å². The van der Waals surface area contributed by atoms with E-state index in [4.69, 9.17) is 14.2 Å². The topological polar surface area (TPSA) is 78.9 Å². The quantitative estimate of drug-likeness (QED) is 0.0261. The monoisotopic (exact) mass is 1110 g/mol. The van der Waals surface area contributed by atoms with Crippen LogP contribution < -0.4 is 0 Å². The second-order valence-electron chi connectivity index (χ2n) is 20.2. The first-order valence-corrected chi connectivity index (χ1v) is 31.9. The van der Waals surface area contributed by atoms with Crippen molar-refractivity contribution in [1.82, 2.24) is 0 Å². The Morgan fingerprint density at radius 3 is 0.765 bits per heavy atom. The third kappa shape index (κ3) is 64.9. The Hall–Kier alpha value is -5.75. The van der Waals surface area contributed by atoms with E-state index in [0.29, 0.717) is 12.8 Å². The zero-order valence-electron chi connectivity index (χ0n) is 51.5. The van der Waals surface area contributed by atoms with Gasteiger partial charge in [0.15, 0.2) is 6.10 Å². The van der Waals surface area contributed by atoms with E-state index in [-0.39, 0.29) is 44.0 Å². The van der Waals surface area contributed by atoms with Crippen molar-refractivity contribution in [2.75, 3.05) is 13.2 Å². The molecule has 0 saturated heterocycles. The van der Waals surface area contributed by atoms with Crippen molar-refractivity contribution in [2.45, 2.75) is 245 Å². The van der Waals surface area contributed by atoms with Crippen LogP contribution in [0.5, 0.6) is 0 Å². The molecule has 0 heterocycles. The van der Waals surface area contributed by atoms with E-state index in [1.54, 1.807) is 0 Å². The average molecular weight is 1110 g/mol. The summed E-state index contributed by atoms with van der Waals surface area (Å²) in [6, 6.07) is 0. The van der Waals surface area contributed by atoms with Crippen molar-refractivity contribution in [1.29, 1.82) is 0 Å². The zero-order chi connectivity index (χ0) is 58.5. The van der Waals surface area contributed by atoms with Gasteiger partial charge in [-0.1, -0.05) is 267 Å². The van der Waals surface area contributed by atoms with Crippen LogP contribution in [0.25, 0.3) is 0 Å². The van der Waals surface area contributed by atoms with Crippen molar-refractivity contribution in [3.05, 3.63) is 194 Å². The summed E-state index contributed by atoms with van der Waals surface area (Å²) >= 11 is 0. The van der Waals surface area contributed by atoms with E-state index >= 15 is 0 Å². The molecule has 0 fully saturated rings. The number of carbonyl (C=O) groups is 3. The van der Waals surface area contributed by atoms with Gasteiger partial charge in [0.2, 0.25) is 0 Å². The minimum atomic E-state index is -0.835. The molecule has 0 aromatic carbocycles. The van der Waals surface area contributed by atoms with Gasteiger partial charge in [-0.25, -0.2) is 0 Å². The highest BCUT2D eigenvalue weighted by Gasteiger charge is 2.19. The summed E-state index contributed by atoms with van der Waals surface area (Å²) in [5, 5.41) is 0. The molecule has 0 aromatic rings. The van der Waals surface area contributed by atoms with E-state index in [0.717, 1.165) is 161 Å². The molecule has 1 atom stereocenters. The summed E-state index contributed by atoms with van der Waals surface area (Å²) in [7, 11) is 0. The van der Waals surface area contributed by atoms with Crippen LogP contribution >= 0.6 is 0 Å². The molecular weight excluding hydrogens is 997 g/mol. The minimum absolute atomic E-state index is 0.124. The average Bonchev–Trinajstić information content (AvgIpc) is 3.46. The lowest BCUT2D eigenvalue weighted by Gasteiger charge is -2.18. The highest BCUT2D eigenvalue weighted by molar-refractivity contribution is 5.71. The normalized spacial score (nSPS) is 13.5. The summed E-state index contributed by atoms with van der Waals surface area (Å²) in [6.07, 6.45) is 102. The van der Waals surface area contributed by atoms with Gasteiger partial charge in [-0.15, -0.1) is 0 Å². The molecule has 0 aliphatic rings. The lowest BCUT2D eigenvalue weighted by Crippen LogP contribution is -2.30. The van der Waals surface area contributed by atoms with Gasteiger partial charge in [0.1, 0.15) is 13.2 Å². The Labute approximate surface area is 497 Å². The Kier molecular flexibility index (Phi) is 62.0. The van der Waals surface area contributed by atoms with Crippen LogP contribution in [0, 0.1) is 0 Å². The van der Waals surface area contributed by atoms with Crippen molar-refractivity contribution in [3.8, 4) is 0 Å². The van der Waals surface area contributed by atoms with Gasteiger partial charge < -0.3 is 14.2 Å². The van der Waals surface area contributed by atoms with E-state index in [2.05, 4.69) is 203 Å². The Balaban J connectivity index is 4.38. The molecule has 0 N–H and O–H groups in total. The maximum Gasteiger partial charge on any atom is 0.306 e. The van der Waals surface area contributed by atoms with Crippen LogP contribution in [0.3, 0.4) is 0 Å². The number of rotatable bonds is 55. The largest absolute Gasteiger partial charge is 0.462 e. The molecule has 6 heteroatoms. The number of ether oxygens (including phenoxy) is 3. The fraction of sp³-hybridized carbons (Fsp3) is 0.533. The second-order valence-corrected chi connectivity index (χ2v) is 20.2. The number of carbonyl (C=O) groups excluding carboxylic acids is 3. The molecule has 0 spiro atoms. The number of unbranched alkanes of at least 4 members (excludes halogenated alkanes) is 12. The third-order valence-corrected chi connectivity index (χ3v) is 12.6. The molecule has 1 unspecified atom stereocenters. The Morgan fingerprint density at radius 1 is 0.247 bits per heavy atom. The summed E-state index contributed by atoms with van der Waals surface area (Å²) < 4.78 is 16.8. The standard InChI is InChI=1S/C75H114O6/c1-4-7-10-13-16-19-22-25-27-29-30-31-32-33-34-35-36-37-38-39-40-41-42-43-44-46-47-50-53-56-59-62-65-68-74(77)80-71-72(70-79-73(76)67-64-61-58-55-52-49-24-21-18-15-12-9-6-3)81-75(78)69-66-63-60-57-54-51-48-45-28-26-23-20-17-14-11-8-5-2/h7-12,16-21,25-28,30-31,33-34,36-37,39-40,42-43,48-49,51-52,58,61,72H,4-6,13-15,22-24,29,32,35,38,41,44-47,50,53-57,59-60,62-71H2,1-3H3/b10-7-,11-8-,12-9-,19-16-,20-17-,21-18-,27-25-,28-26-,31-30-,34-33-,37-36-,40-39-,43-42-,51-48-,52-49-,61-58-. The Bertz CT molecular complexity index is 1950. The van der Waals surface area contributed by atoms with E-state index in [1.165, 1.54) is 32.1 Å². The van der Waals surface area contributed by atoms with Gasteiger partial charge in [-0.3, -0.25) is 14.4 Å². The molecule has 0 saturated carbocycles. The molecule has 0 aliphatic carbocycles. The molecule has 0 rings (SSSR count). The predicted molar refractivity (Wildman–Crippen MR) is 352 cm³/mol. The number of hydrogen-bond acceptors (Lipinski definition) is 6. The highest BCUT2D eigenvalue weighted by atomic mass is 16.6. The summed E-state index contributed by atoms with van der Waals surface area (Å²) in [5.74, 6) is -1.05. The Morgan fingerprint density at radius 2 is 0.469 bits per heavy atom. The molecule has 0 radical (unpaired) electrons. The first kappa shape index (κ1) is 75.2. The van der Waals surface area contributed by atoms with Crippen molar-refractivity contribution < 1.29 is 28.6 Å². The first-order valence-electron chi connectivity index (χ1n) is 31.9. The molecule has 450 valence electrons. The predicted octanol–water partition coefficient (Wildman–Crippen LogP) is 22.2. The van der Waals surface area contributed by atoms with Crippen LogP contribution in [-0.4, -0.2) is 37.2 Å². The van der Waals surface area contributed by atoms with Crippen molar-refractivity contribution in [3.63, 3.8) is 0 Å². The molecule has 0 bridgehead atoms. The van der Waals surface area contributed by atoms with E-state index in [1.807, 2.05) is 12.2 Å². The van der Waals surface area contributed by atoms with Crippen LogP contribution in [0.15, 0.2) is 194 Å². The first-order chi connectivity index (χ1) is 40.0. The molecule has 81 heavy (non-hydrogen) atoms. The summed E-state index contributed by atoms with van der Waals surface area (Å²) in [5.41, 5.74) is 0. The fourth-order valence-electron chi connectivity index (χ4n) is 7.93. The number of esters is 3. The number of hydrogen-bond donors (Lipinski definition) is 0. The van der Waals surface area contributed by atoms with Crippen LogP contribution in [0.1, 0.15) is 239 Å². The summed E-state index contributed by atoms with van der Waals surface area (Å²) in [4.78, 5) is 38.2. The van der Waals surface area contributed by atoms with Gasteiger partial charge in [0, 0.05) is 19.3 Å². The van der Waals surface area contributed by atoms with Gasteiger partial charge in [-0.2, -0.15) is 0 Å². The highest BCUT2D eigenvalue weighted by Crippen LogP contribution is 2.13. The van der Waals surface area contributed by atoms with Gasteiger partial charge >= 0.3 is 17.9 Å². The SMILES string of the molecule is CC/C=C\C/C=C\C/C=C\C/C=C\C/C=C\C/C=C\C/C=C\C/C=C\CCCCCCCCCCC(=O)OCC(COC(=O)CC/C=C\C/C=C\C/C=C\C/C=C\CC)OC(=O)CCCCCC/C=C\C/C=C\C/C=C\C/C=C\CC. The van der Waals surface area contributed by atoms with Crippen LogP contribution in [0.2, 0.25) is 0 Å².